The maximum Gasteiger partial charge on any atom is 0.0572 e. The molecule has 0 atom stereocenters. The lowest BCUT2D eigenvalue weighted by molar-refractivity contribution is 0.591. The van der Waals surface area contributed by atoms with Gasteiger partial charge in [0.15, 0.2) is 0 Å². The number of nitrogens with zero attached hydrogens (tertiary/aromatic N) is 1. The largest absolute Gasteiger partial charge is 0.320 e. The number of rotatable bonds is 2. The molecular formula is C11H12ClN. The van der Waals surface area contributed by atoms with E-state index in [0.717, 1.165) is 11.4 Å². The van der Waals surface area contributed by atoms with Gasteiger partial charge in [0.25, 0.3) is 0 Å². The summed E-state index contributed by atoms with van der Waals surface area (Å²) >= 11 is 5.86. The van der Waals surface area contributed by atoms with Crippen LogP contribution < -0.4 is 0 Å². The lowest BCUT2D eigenvalue weighted by Crippen LogP contribution is -2.14. The van der Waals surface area contributed by atoms with E-state index in [0.29, 0.717) is 5.03 Å². The normalized spacial score (nSPS) is 17.4. The highest BCUT2D eigenvalue weighted by molar-refractivity contribution is 6.31. The van der Waals surface area contributed by atoms with Gasteiger partial charge in [-0.25, -0.2) is 0 Å². The Morgan fingerprint density at radius 1 is 1.54 bits per heavy atom. The van der Waals surface area contributed by atoms with Gasteiger partial charge in [-0.3, -0.25) is 0 Å². The van der Waals surface area contributed by atoms with Gasteiger partial charge in [0.05, 0.1) is 5.03 Å². The lowest BCUT2D eigenvalue weighted by atomic mass is 10.2. The zero-order valence-electron chi connectivity index (χ0n) is 7.63. The van der Waals surface area contributed by atoms with Crippen LogP contribution >= 0.6 is 11.6 Å². The maximum absolute atomic E-state index is 5.86. The van der Waals surface area contributed by atoms with E-state index in [2.05, 4.69) is 13.2 Å². The summed E-state index contributed by atoms with van der Waals surface area (Å²) in [6, 6.07) is 0. The van der Waals surface area contributed by atoms with Crippen LogP contribution in [0.3, 0.4) is 0 Å². The van der Waals surface area contributed by atoms with Crippen molar-refractivity contribution in [3.63, 3.8) is 0 Å². The van der Waals surface area contributed by atoms with Crippen LogP contribution in [-0.2, 0) is 0 Å². The lowest BCUT2D eigenvalue weighted by Gasteiger charge is -2.24. The third-order valence-corrected chi connectivity index (χ3v) is 1.96. The molecule has 0 unspecified atom stereocenters. The molecule has 2 heteroatoms. The molecule has 1 rings (SSSR count). The Morgan fingerprint density at radius 2 is 2.23 bits per heavy atom. The average Bonchev–Trinajstić information content (AvgIpc) is 2.09. The Hall–Kier alpha value is -1.21. The molecule has 13 heavy (non-hydrogen) atoms. The zero-order valence-corrected chi connectivity index (χ0v) is 8.38. The molecule has 0 spiro atoms. The molecule has 68 valence electrons. The van der Waals surface area contributed by atoms with E-state index < -0.39 is 0 Å². The Balaban J connectivity index is 2.93. The van der Waals surface area contributed by atoms with Gasteiger partial charge in [0.2, 0.25) is 0 Å². The minimum atomic E-state index is 0.698. The van der Waals surface area contributed by atoms with Crippen LogP contribution in [0, 0.1) is 0 Å². The molecule has 0 bridgehead atoms. The highest BCUT2D eigenvalue weighted by atomic mass is 35.5. The van der Waals surface area contributed by atoms with Crippen LogP contribution in [0.5, 0.6) is 0 Å². The van der Waals surface area contributed by atoms with E-state index in [-0.39, 0.29) is 0 Å². The first-order chi connectivity index (χ1) is 6.15. The maximum atomic E-state index is 5.86. The molecule has 0 radical (unpaired) electrons. The van der Waals surface area contributed by atoms with Gasteiger partial charge in [-0.2, -0.15) is 0 Å². The van der Waals surface area contributed by atoms with E-state index in [4.69, 9.17) is 11.6 Å². The number of halogens is 1. The van der Waals surface area contributed by atoms with Gasteiger partial charge < -0.3 is 4.90 Å². The highest BCUT2D eigenvalue weighted by Gasteiger charge is 2.08. The molecule has 0 amide bonds. The standard InChI is InChI=1S/C11H12ClN/c1-4-5-9(2)13-8-11(12)7-6-10(13)3/h4-8H,1,3H2,2H3/b9-5+. The van der Waals surface area contributed by atoms with Crippen molar-refractivity contribution < 1.29 is 0 Å². The van der Waals surface area contributed by atoms with Crippen molar-refractivity contribution in [3.8, 4) is 0 Å². The SMILES string of the molecule is C=C/C=C(\C)N1C=C(Cl)C=CC1=C. The topological polar surface area (TPSA) is 3.24 Å². The Labute approximate surface area is 84.0 Å². The van der Waals surface area contributed by atoms with Crippen LogP contribution in [0.15, 0.2) is 60.1 Å². The van der Waals surface area contributed by atoms with Gasteiger partial charge in [-0.1, -0.05) is 30.8 Å². The molecule has 0 aromatic rings. The van der Waals surface area contributed by atoms with Crippen LogP contribution in [0.1, 0.15) is 6.92 Å². The van der Waals surface area contributed by atoms with Crippen LogP contribution in [0.4, 0.5) is 0 Å². The number of hydrogen-bond acceptors (Lipinski definition) is 1. The molecule has 0 N–H and O–H groups in total. The van der Waals surface area contributed by atoms with Gasteiger partial charge in [0.1, 0.15) is 0 Å². The summed E-state index contributed by atoms with van der Waals surface area (Å²) in [5.41, 5.74) is 1.95. The van der Waals surface area contributed by atoms with E-state index in [9.17, 15) is 0 Å². The molecule has 0 saturated heterocycles. The van der Waals surface area contributed by atoms with Crippen molar-refractivity contribution in [1.82, 2.24) is 4.90 Å². The van der Waals surface area contributed by atoms with E-state index in [1.54, 1.807) is 6.08 Å². The van der Waals surface area contributed by atoms with Crippen molar-refractivity contribution in [3.05, 3.63) is 60.1 Å². The van der Waals surface area contributed by atoms with Crippen molar-refractivity contribution in [2.45, 2.75) is 6.92 Å². The second kappa shape index (κ2) is 4.15. The third-order valence-electron chi connectivity index (χ3n) is 1.74. The summed E-state index contributed by atoms with van der Waals surface area (Å²) in [6.07, 6.45) is 9.18. The van der Waals surface area contributed by atoms with E-state index >= 15 is 0 Å². The van der Waals surface area contributed by atoms with Gasteiger partial charge in [-0.05, 0) is 25.2 Å². The Kier molecular flexibility index (Phi) is 3.15. The fraction of sp³-hybridized carbons (Fsp3) is 0.0909. The highest BCUT2D eigenvalue weighted by Crippen LogP contribution is 2.21. The minimum Gasteiger partial charge on any atom is -0.320 e. The molecule has 1 aliphatic heterocycles. The predicted molar refractivity (Wildman–Crippen MR) is 58.0 cm³/mol. The minimum absolute atomic E-state index is 0.698. The Bertz CT molecular complexity index is 321. The number of hydrogen-bond donors (Lipinski definition) is 0. The quantitative estimate of drug-likeness (QED) is 0.607. The summed E-state index contributed by atoms with van der Waals surface area (Å²) in [5, 5.41) is 0.698. The summed E-state index contributed by atoms with van der Waals surface area (Å²) in [6.45, 7) is 9.51. The fourth-order valence-electron chi connectivity index (χ4n) is 1.08. The Morgan fingerprint density at radius 3 is 2.85 bits per heavy atom. The molecule has 1 heterocycles. The zero-order chi connectivity index (χ0) is 9.84. The van der Waals surface area contributed by atoms with E-state index in [1.807, 2.05) is 36.3 Å². The molecular weight excluding hydrogens is 182 g/mol. The van der Waals surface area contributed by atoms with Crippen LogP contribution in [-0.4, -0.2) is 4.90 Å². The van der Waals surface area contributed by atoms with Crippen LogP contribution in [0.25, 0.3) is 0 Å². The summed E-state index contributed by atoms with van der Waals surface area (Å²) in [4.78, 5) is 1.92. The molecule has 0 aromatic heterocycles. The van der Waals surface area contributed by atoms with Crippen molar-refractivity contribution in [2.75, 3.05) is 0 Å². The van der Waals surface area contributed by atoms with Gasteiger partial charge in [-0.15, -0.1) is 0 Å². The van der Waals surface area contributed by atoms with Gasteiger partial charge >= 0.3 is 0 Å². The van der Waals surface area contributed by atoms with Crippen molar-refractivity contribution >= 4 is 11.6 Å². The number of allylic oxidation sites excluding steroid dienone is 6. The molecule has 1 aliphatic rings. The first-order valence-electron chi connectivity index (χ1n) is 3.98. The summed E-state index contributed by atoms with van der Waals surface area (Å²) < 4.78 is 0. The second-order valence-electron chi connectivity index (χ2n) is 2.75. The molecule has 0 aliphatic carbocycles. The smallest absolute Gasteiger partial charge is 0.0572 e. The molecule has 1 nitrogen and oxygen atoms in total. The monoisotopic (exact) mass is 193 g/mol. The van der Waals surface area contributed by atoms with Crippen molar-refractivity contribution in [1.29, 1.82) is 0 Å². The van der Waals surface area contributed by atoms with Crippen LogP contribution in [0.2, 0.25) is 0 Å². The predicted octanol–water partition coefficient (Wildman–Crippen LogP) is 3.54. The van der Waals surface area contributed by atoms with Crippen molar-refractivity contribution in [2.24, 2.45) is 0 Å². The summed E-state index contributed by atoms with van der Waals surface area (Å²) in [5.74, 6) is 0. The average molecular weight is 194 g/mol. The molecule has 0 aromatic carbocycles. The first-order valence-corrected chi connectivity index (χ1v) is 4.36. The second-order valence-corrected chi connectivity index (χ2v) is 3.19. The summed E-state index contributed by atoms with van der Waals surface area (Å²) in [7, 11) is 0. The van der Waals surface area contributed by atoms with E-state index in [1.165, 1.54) is 0 Å². The third kappa shape index (κ3) is 2.36. The molecule has 0 fully saturated rings. The van der Waals surface area contributed by atoms with Gasteiger partial charge in [0, 0.05) is 17.6 Å². The first kappa shape index (κ1) is 9.87. The fourth-order valence-corrected chi connectivity index (χ4v) is 1.25. The molecule has 0 saturated carbocycles.